The summed E-state index contributed by atoms with van der Waals surface area (Å²) in [6.07, 6.45) is 1.73. The second kappa shape index (κ2) is 4.25. The minimum Gasteiger partial charge on any atom is -0.339 e. The molecule has 2 aromatic rings. The zero-order valence-corrected chi connectivity index (χ0v) is 9.63. The maximum atomic E-state index is 5.33. The fourth-order valence-corrected chi connectivity index (χ4v) is 2.13. The molecule has 1 saturated heterocycles. The molecule has 88 valence electrons. The molecule has 1 aliphatic rings. The fraction of sp³-hybridized carbons (Fsp3) is 0.417. The van der Waals surface area contributed by atoms with E-state index in [1.165, 1.54) is 0 Å². The number of nitrogens with zero attached hydrogens (tertiary/aromatic N) is 3. The van der Waals surface area contributed by atoms with E-state index in [1.807, 2.05) is 18.2 Å². The summed E-state index contributed by atoms with van der Waals surface area (Å²) in [5.41, 5.74) is 0.751. The number of hydrogen-bond acceptors (Lipinski definition) is 5. The summed E-state index contributed by atoms with van der Waals surface area (Å²) in [5, 5.41) is 7.32. The molecule has 2 atom stereocenters. The molecule has 3 rings (SSSR count). The molecule has 0 aliphatic carbocycles. The van der Waals surface area contributed by atoms with Crippen molar-refractivity contribution in [1.29, 1.82) is 0 Å². The first-order valence-corrected chi connectivity index (χ1v) is 5.80. The lowest BCUT2D eigenvalue weighted by Crippen LogP contribution is -2.08. The molecule has 2 aromatic heterocycles. The summed E-state index contributed by atoms with van der Waals surface area (Å²) in [6.45, 7) is 4.10. The average Bonchev–Trinajstić information content (AvgIpc) is 2.98. The first-order chi connectivity index (χ1) is 8.34. The highest BCUT2D eigenvalue weighted by atomic mass is 16.5. The van der Waals surface area contributed by atoms with Crippen molar-refractivity contribution in [2.75, 3.05) is 13.1 Å². The third kappa shape index (κ3) is 1.93. The van der Waals surface area contributed by atoms with Crippen LogP contribution in [-0.4, -0.2) is 28.2 Å². The maximum absolute atomic E-state index is 5.33. The van der Waals surface area contributed by atoms with Gasteiger partial charge in [-0.2, -0.15) is 4.98 Å². The van der Waals surface area contributed by atoms with Crippen molar-refractivity contribution < 1.29 is 4.52 Å². The van der Waals surface area contributed by atoms with E-state index >= 15 is 0 Å². The van der Waals surface area contributed by atoms with Crippen LogP contribution in [-0.2, 0) is 0 Å². The van der Waals surface area contributed by atoms with Gasteiger partial charge in [0, 0.05) is 12.7 Å². The van der Waals surface area contributed by atoms with E-state index < -0.39 is 0 Å². The van der Waals surface area contributed by atoms with E-state index in [1.54, 1.807) is 6.20 Å². The first-order valence-electron chi connectivity index (χ1n) is 5.80. The summed E-state index contributed by atoms with van der Waals surface area (Å²) < 4.78 is 5.33. The normalized spacial score (nSPS) is 24.1. The minimum absolute atomic E-state index is 0.319. The molecule has 17 heavy (non-hydrogen) atoms. The summed E-state index contributed by atoms with van der Waals surface area (Å²) >= 11 is 0. The predicted molar refractivity (Wildman–Crippen MR) is 62.3 cm³/mol. The molecule has 0 spiro atoms. The Morgan fingerprint density at radius 1 is 1.35 bits per heavy atom. The number of rotatable bonds is 2. The third-order valence-electron chi connectivity index (χ3n) is 3.17. The Morgan fingerprint density at radius 2 is 2.29 bits per heavy atom. The van der Waals surface area contributed by atoms with Crippen molar-refractivity contribution in [2.24, 2.45) is 5.92 Å². The number of nitrogens with one attached hydrogen (secondary N) is 1. The molecule has 0 aromatic carbocycles. The van der Waals surface area contributed by atoms with Gasteiger partial charge in [-0.15, -0.1) is 0 Å². The third-order valence-corrected chi connectivity index (χ3v) is 3.17. The summed E-state index contributed by atoms with van der Waals surface area (Å²) in [6, 6.07) is 5.66. The van der Waals surface area contributed by atoms with E-state index in [-0.39, 0.29) is 0 Å². The molecule has 0 amide bonds. The Hall–Kier alpha value is -1.75. The van der Waals surface area contributed by atoms with Crippen molar-refractivity contribution in [2.45, 2.75) is 12.8 Å². The topological polar surface area (TPSA) is 63.8 Å². The van der Waals surface area contributed by atoms with Gasteiger partial charge in [0.15, 0.2) is 0 Å². The molecule has 1 aliphatic heterocycles. The van der Waals surface area contributed by atoms with Crippen LogP contribution in [0.4, 0.5) is 0 Å². The highest BCUT2D eigenvalue weighted by Gasteiger charge is 2.29. The van der Waals surface area contributed by atoms with Crippen molar-refractivity contribution in [3.05, 3.63) is 30.3 Å². The highest BCUT2D eigenvalue weighted by molar-refractivity contribution is 5.47. The van der Waals surface area contributed by atoms with Gasteiger partial charge in [0.2, 0.25) is 11.7 Å². The van der Waals surface area contributed by atoms with E-state index in [2.05, 4.69) is 27.4 Å². The second-order valence-electron chi connectivity index (χ2n) is 4.41. The molecule has 3 heterocycles. The largest absolute Gasteiger partial charge is 0.339 e. The lowest BCUT2D eigenvalue weighted by molar-refractivity contribution is 0.340. The Labute approximate surface area is 99.3 Å². The molecule has 2 unspecified atom stereocenters. The van der Waals surface area contributed by atoms with Gasteiger partial charge >= 0.3 is 0 Å². The molecule has 1 N–H and O–H groups in total. The molecule has 0 saturated carbocycles. The summed E-state index contributed by atoms with van der Waals surface area (Å²) in [5.74, 6) is 2.13. The molecule has 0 bridgehead atoms. The highest BCUT2D eigenvalue weighted by Crippen LogP contribution is 2.27. The van der Waals surface area contributed by atoms with Crippen molar-refractivity contribution in [1.82, 2.24) is 20.4 Å². The number of aromatic nitrogens is 3. The molecule has 0 radical (unpaired) electrons. The van der Waals surface area contributed by atoms with Crippen LogP contribution < -0.4 is 5.32 Å². The maximum Gasteiger partial charge on any atom is 0.231 e. The van der Waals surface area contributed by atoms with E-state index in [9.17, 15) is 0 Å². The first kappa shape index (κ1) is 10.4. The van der Waals surface area contributed by atoms with Crippen LogP contribution in [0.5, 0.6) is 0 Å². The SMILES string of the molecule is CC1CNCC1c1nc(-c2ccccn2)no1. The average molecular weight is 230 g/mol. The predicted octanol–water partition coefficient (Wildman–Crippen LogP) is 1.45. The minimum atomic E-state index is 0.319. The fourth-order valence-electron chi connectivity index (χ4n) is 2.13. The van der Waals surface area contributed by atoms with Crippen molar-refractivity contribution >= 4 is 0 Å². The van der Waals surface area contributed by atoms with Gasteiger partial charge in [-0.3, -0.25) is 4.98 Å². The van der Waals surface area contributed by atoms with Gasteiger partial charge < -0.3 is 9.84 Å². The van der Waals surface area contributed by atoms with Crippen LogP contribution in [0.3, 0.4) is 0 Å². The monoisotopic (exact) mass is 230 g/mol. The second-order valence-corrected chi connectivity index (χ2v) is 4.41. The van der Waals surface area contributed by atoms with E-state index in [4.69, 9.17) is 4.52 Å². The summed E-state index contributed by atoms with van der Waals surface area (Å²) in [7, 11) is 0. The van der Waals surface area contributed by atoms with Crippen LogP contribution in [0, 0.1) is 5.92 Å². The van der Waals surface area contributed by atoms with Crippen LogP contribution in [0.1, 0.15) is 18.7 Å². The summed E-state index contributed by atoms with van der Waals surface area (Å²) in [4.78, 5) is 8.64. The molecule has 1 fully saturated rings. The smallest absolute Gasteiger partial charge is 0.231 e. The zero-order chi connectivity index (χ0) is 11.7. The van der Waals surface area contributed by atoms with Gasteiger partial charge in [-0.25, -0.2) is 0 Å². The lowest BCUT2D eigenvalue weighted by atomic mass is 9.98. The number of pyridine rings is 1. The molecular weight excluding hydrogens is 216 g/mol. The Bertz CT molecular complexity index is 496. The number of hydrogen-bond donors (Lipinski definition) is 1. The Kier molecular flexibility index (Phi) is 2.60. The Morgan fingerprint density at radius 3 is 3.00 bits per heavy atom. The quantitative estimate of drug-likeness (QED) is 0.846. The molecule has 5 heteroatoms. The van der Waals surface area contributed by atoms with E-state index in [0.717, 1.165) is 18.8 Å². The molecular formula is C12H14N4O. The van der Waals surface area contributed by atoms with Crippen molar-refractivity contribution in [3.63, 3.8) is 0 Å². The zero-order valence-electron chi connectivity index (χ0n) is 9.63. The van der Waals surface area contributed by atoms with Crippen LogP contribution >= 0.6 is 0 Å². The standard InChI is InChI=1S/C12H14N4O/c1-8-6-13-7-9(8)12-15-11(16-17-12)10-4-2-3-5-14-10/h2-5,8-9,13H,6-7H2,1H3. The van der Waals surface area contributed by atoms with Crippen LogP contribution in [0.15, 0.2) is 28.9 Å². The van der Waals surface area contributed by atoms with Crippen molar-refractivity contribution in [3.8, 4) is 11.5 Å². The van der Waals surface area contributed by atoms with Gasteiger partial charge in [0.05, 0.1) is 5.92 Å². The van der Waals surface area contributed by atoms with Gasteiger partial charge in [-0.1, -0.05) is 18.1 Å². The Balaban J connectivity index is 1.88. The van der Waals surface area contributed by atoms with Gasteiger partial charge in [0.1, 0.15) is 5.69 Å². The van der Waals surface area contributed by atoms with Gasteiger partial charge in [-0.05, 0) is 24.6 Å². The van der Waals surface area contributed by atoms with Crippen LogP contribution in [0.2, 0.25) is 0 Å². The van der Waals surface area contributed by atoms with Crippen LogP contribution in [0.25, 0.3) is 11.5 Å². The van der Waals surface area contributed by atoms with E-state index in [0.29, 0.717) is 23.6 Å². The van der Waals surface area contributed by atoms with Gasteiger partial charge in [0.25, 0.3) is 0 Å². The molecule has 5 nitrogen and oxygen atoms in total. The lowest BCUT2D eigenvalue weighted by Gasteiger charge is -2.07.